The minimum absolute atomic E-state index is 0.00906. The first-order valence-corrected chi connectivity index (χ1v) is 11.8. The average Bonchev–Trinajstić information content (AvgIpc) is 2.88. The number of benzene rings is 1. The molecule has 35 heavy (non-hydrogen) atoms. The molecule has 0 bridgehead atoms. The number of hydrogen-bond donors (Lipinski definition) is 4. The Morgan fingerprint density at radius 2 is 2.03 bits per heavy atom. The van der Waals surface area contributed by atoms with Crippen molar-refractivity contribution in [2.24, 2.45) is 0 Å². The number of nitrogens with one attached hydrogen (secondary N) is 3. The van der Waals surface area contributed by atoms with Gasteiger partial charge in [0.2, 0.25) is 5.91 Å². The Morgan fingerprint density at radius 1 is 1.20 bits per heavy atom. The molecule has 2 aromatic heterocycles. The maximum Gasteiger partial charge on any atom is 0.256 e. The van der Waals surface area contributed by atoms with Crippen LogP contribution in [-0.2, 0) is 22.6 Å². The number of aryl methyl sites for hydroxylation is 1. The van der Waals surface area contributed by atoms with E-state index in [2.05, 4.69) is 32.0 Å². The molecule has 1 aliphatic heterocycles. The molecule has 2 aliphatic rings. The molecule has 5 rings (SSSR count). The van der Waals surface area contributed by atoms with Crippen LogP contribution in [0.2, 0.25) is 0 Å². The lowest BCUT2D eigenvalue weighted by atomic mass is 9.81. The number of fused-ring (bicyclic) bond motifs is 2. The van der Waals surface area contributed by atoms with Crippen LogP contribution in [0.15, 0.2) is 42.6 Å². The lowest BCUT2D eigenvalue weighted by Gasteiger charge is -2.35. The number of hydrogen-bond acceptors (Lipinski definition) is 7. The first-order chi connectivity index (χ1) is 16.9. The second kappa shape index (κ2) is 9.41. The third-order valence-electron chi connectivity index (χ3n) is 6.84. The average molecular weight is 471 g/mol. The van der Waals surface area contributed by atoms with E-state index in [4.69, 9.17) is 0 Å². The van der Waals surface area contributed by atoms with Crippen molar-refractivity contribution in [3.63, 3.8) is 0 Å². The van der Waals surface area contributed by atoms with E-state index < -0.39 is 11.5 Å². The fourth-order valence-electron chi connectivity index (χ4n) is 4.72. The van der Waals surface area contributed by atoms with Crippen molar-refractivity contribution in [3.05, 3.63) is 59.4 Å². The van der Waals surface area contributed by atoms with E-state index in [0.717, 1.165) is 11.3 Å². The number of aliphatic hydroxyl groups is 1. The fourth-order valence-corrected chi connectivity index (χ4v) is 4.72. The summed E-state index contributed by atoms with van der Waals surface area (Å²) < 4.78 is 0. The monoisotopic (exact) mass is 470 g/mol. The first kappa shape index (κ1) is 22.9. The number of carbonyl (C=O) groups excluding carboxylic acids is 2. The van der Waals surface area contributed by atoms with Gasteiger partial charge in [-0.2, -0.15) is 5.26 Å². The van der Waals surface area contributed by atoms with Gasteiger partial charge in [-0.25, -0.2) is 4.98 Å². The van der Waals surface area contributed by atoms with Gasteiger partial charge in [0.25, 0.3) is 5.91 Å². The zero-order chi connectivity index (χ0) is 24.4. The van der Waals surface area contributed by atoms with Crippen molar-refractivity contribution in [1.82, 2.24) is 15.3 Å². The summed E-state index contributed by atoms with van der Waals surface area (Å²) in [5, 5.41) is 30.1. The highest BCUT2D eigenvalue weighted by Crippen LogP contribution is 2.31. The van der Waals surface area contributed by atoms with Crippen LogP contribution in [0, 0.1) is 11.3 Å². The molecule has 0 spiro atoms. The Labute approximate surface area is 202 Å². The predicted molar refractivity (Wildman–Crippen MR) is 130 cm³/mol. The molecule has 0 radical (unpaired) electrons. The maximum absolute atomic E-state index is 13.0. The van der Waals surface area contributed by atoms with Gasteiger partial charge in [0.1, 0.15) is 11.4 Å². The number of rotatable bonds is 5. The van der Waals surface area contributed by atoms with Gasteiger partial charge in [-0.3, -0.25) is 14.6 Å². The first-order valence-electron chi connectivity index (χ1n) is 11.8. The Balaban J connectivity index is 1.19. The highest BCUT2D eigenvalue weighted by atomic mass is 16.3. The lowest BCUT2D eigenvalue weighted by Crippen LogP contribution is -2.48. The molecule has 4 N–H and O–H groups in total. The third kappa shape index (κ3) is 4.85. The number of carbonyl (C=O) groups is 2. The molecule has 9 heteroatoms. The standard InChI is InChI=1S/C26H26N6O3/c27-14-16-1-5-21-20(13-16)22(9-12-28-21)31-25(34)26(35)10-7-18(8-11-26)29-15-19-4-2-17-3-6-23(33)32-24(17)30-19/h1-2,4-5,9,12-13,18,29,35H,3,6-8,10-11,15H2,(H,28,31,34)(H,30,32,33). The van der Waals surface area contributed by atoms with Crippen LogP contribution >= 0.6 is 0 Å². The van der Waals surface area contributed by atoms with E-state index in [-0.39, 0.29) is 11.9 Å². The second-order valence-corrected chi connectivity index (χ2v) is 9.20. The molecule has 3 aromatic rings. The molecule has 2 amide bonds. The van der Waals surface area contributed by atoms with Gasteiger partial charge in [-0.05, 0) is 68.0 Å². The fraction of sp³-hybridized carbons (Fsp3) is 0.346. The summed E-state index contributed by atoms with van der Waals surface area (Å²) in [5.41, 5.74) is 2.09. The van der Waals surface area contributed by atoms with Gasteiger partial charge in [0.05, 0.1) is 28.5 Å². The van der Waals surface area contributed by atoms with E-state index in [1.807, 2.05) is 12.1 Å². The van der Waals surface area contributed by atoms with Crippen molar-refractivity contribution in [3.8, 4) is 6.07 Å². The van der Waals surface area contributed by atoms with Crippen LogP contribution in [0.3, 0.4) is 0 Å². The van der Waals surface area contributed by atoms with Crippen molar-refractivity contribution in [2.75, 3.05) is 10.6 Å². The number of anilines is 2. The number of aromatic nitrogens is 2. The minimum atomic E-state index is -1.46. The molecule has 0 saturated heterocycles. The number of pyridine rings is 2. The second-order valence-electron chi connectivity index (χ2n) is 9.20. The van der Waals surface area contributed by atoms with Crippen LogP contribution in [0.4, 0.5) is 11.5 Å². The van der Waals surface area contributed by atoms with Crippen LogP contribution in [-0.4, -0.2) is 38.5 Å². The molecule has 9 nitrogen and oxygen atoms in total. The van der Waals surface area contributed by atoms with Gasteiger partial charge < -0.3 is 21.1 Å². The molecule has 0 unspecified atom stereocenters. The van der Waals surface area contributed by atoms with Crippen molar-refractivity contribution < 1.29 is 14.7 Å². The van der Waals surface area contributed by atoms with Crippen LogP contribution in [0.1, 0.15) is 48.9 Å². The molecular weight excluding hydrogens is 444 g/mol. The highest BCUT2D eigenvalue weighted by molar-refractivity contribution is 6.04. The summed E-state index contributed by atoms with van der Waals surface area (Å²) in [7, 11) is 0. The Kier molecular flexibility index (Phi) is 6.16. The molecule has 3 heterocycles. The Morgan fingerprint density at radius 3 is 2.83 bits per heavy atom. The van der Waals surface area contributed by atoms with E-state index in [1.54, 1.807) is 30.5 Å². The quantitative estimate of drug-likeness (QED) is 0.449. The van der Waals surface area contributed by atoms with E-state index in [0.29, 0.717) is 73.0 Å². The number of nitrogens with zero attached hydrogens (tertiary/aromatic N) is 3. The van der Waals surface area contributed by atoms with Gasteiger partial charge in [-0.15, -0.1) is 0 Å². The molecule has 1 aliphatic carbocycles. The smallest absolute Gasteiger partial charge is 0.256 e. The maximum atomic E-state index is 13.0. The van der Waals surface area contributed by atoms with Crippen molar-refractivity contribution in [2.45, 2.75) is 56.7 Å². The lowest BCUT2D eigenvalue weighted by molar-refractivity contribution is -0.137. The Hall–Kier alpha value is -3.87. The zero-order valence-electron chi connectivity index (χ0n) is 19.2. The highest BCUT2D eigenvalue weighted by Gasteiger charge is 2.40. The van der Waals surface area contributed by atoms with Crippen molar-refractivity contribution in [1.29, 1.82) is 5.26 Å². The van der Waals surface area contributed by atoms with Gasteiger partial charge in [-0.1, -0.05) is 6.07 Å². The Bertz CT molecular complexity index is 1340. The SMILES string of the molecule is N#Cc1ccc2nccc(NC(=O)C3(O)CCC(NCc4ccc5c(n4)NC(=O)CC5)CC3)c2c1. The molecule has 1 aromatic carbocycles. The van der Waals surface area contributed by atoms with Crippen LogP contribution in [0.5, 0.6) is 0 Å². The molecular formula is C26H26N6O3. The van der Waals surface area contributed by atoms with E-state index in [1.165, 1.54) is 0 Å². The summed E-state index contributed by atoms with van der Waals surface area (Å²) in [4.78, 5) is 33.5. The number of amides is 2. The van der Waals surface area contributed by atoms with E-state index in [9.17, 15) is 20.0 Å². The predicted octanol–water partition coefficient (Wildman–Crippen LogP) is 2.79. The molecule has 0 atom stereocenters. The summed E-state index contributed by atoms with van der Waals surface area (Å²) in [5.74, 6) is 0.184. The largest absolute Gasteiger partial charge is 0.380 e. The zero-order valence-corrected chi connectivity index (χ0v) is 19.2. The van der Waals surface area contributed by atoms with Crippen LogP contribution in [0.25, 0.3) is 10.9 Å². The minimum Gasteiger partial charge on any atom is -0.380 e. The normalized spacial score (nSPS) is 21.6. The topological polar surface area (TPSA) is 140 Å². The molecule has 1 fully saturated rings. The van der Waals surface area contributed by atoms with Gasteiger partial charge in [0, 0.05) is 30.6 Å². The third-order valence-corrected chi connectivity index (χ3v) is 6.84. The van der Waals surface area contributed by atoms with Gasteiger partial charge in [0.15, 0.2) is 0 Å². The molecule has 1 saturated carbocycles. The summed E-state index contributed by atoms with van der Waals surface area (Å²) in [6.07, 6.45) is 4.73. The van der Waals surface area contributed by atoms with Gasteiger partial charge >= 0.3 is 0 Å². The van der Waals surface area contributed by atoms with Crippen LogP contribution < -0.4 is 16.0 Å². The summed E-state index contributed by atoms with van der Waals surface area (Å²) >= 11 is 0. The van der Waals surface area contributed by atoms with E-state index >= 15 is 0 Å². The van der Waals surface area contributed by atoms with Crippen molar-refractivity contribution >= 4 is 34.2 Å². The summed E-state index contributed by atoms with van der Waals surface area (Å²) in [6.45, 7) is 0.544. The molecule has 178 valence electrons. The number of nitriles is 1. The summed E-state index contributed by atoms with van der Waals surface area (Å²) in [6, 6.07) is 13.0.